The van der Waals surface area contributed by atoms with Crippen LogP contribution in [0.25, 0.3) is 10.1 Å². The number of rotatable bonds is 8. The quantitative estimate of drug-likeness (QED) is 0.0898. The van der Waals surface area contributed by atoms with Gasteiger partial charge in [0.25, 0.3) is 0 Å². The van der Waals surface area contributed by atoms with E-state index < -0.39 is 8.32 Å². The molecule has 0 unspecified atom stereocenters. The molecule has 0 aliphatic heterocycles. The highest BCUT2D eigenvalue weighted by Crippen LogP contribution is 2.45. The van der Waals surface area contributed by atoms with Gasteiger partial charge in [-0.15, -0.1) is 11.3 Å². The maximum atomic E-state index is 7.36. The van der Waals surface area contributed by atoms with Crippen LogP contribution >= 0.6 is 39.5 Å². The Bertz CT molecular complexity index is 1890. The van der Waals surface area contributed by atoms with Crippen LogP contribution in [0.5, 0.6) is 17.2 Å². The number of benzene rings is 5. The lowest BCUT2D eigenvalue weighted by Gasteiger charge is -2.43. The number of hydrogen-bond acceptors (Lipinski definition) is 4. The first-order chi connectivity index (χ1) is 21.2. The summed E-state index contributed by atoms with van der Waals surface area (Å²) >= 11 is 11.3. The van der Waals surface area contributed by atoms with Crippen molar-refractivity contribution in [1.29, 1.82) is 0 Å². The minimum Gasteiger partial charge on any atom is -0.534 e. The molecule has 1 heterocycles. The lowest BCUT2D eigenvalue weighted by molar-refractivity contribution is 0.489. The Morgan fingerprint density at radius 3 is 1.89 bits per heavy atom. The van der Waals surface area contributed by atoms with E-state index in [0.717, 1.165) is 52.7 Å². The van der Waals surface area contributed by atoms with Crippen molar-refractivity contribution in [3.8, 4) is 17.2 Å². The van der Waals surface area contributed by atoms with Crippen molar-refractivity contribution in [3.63, 3.8) is 0 Å². The third-order valence-electron chi connectivity index (χ3n) is 7.93. The number of fused-ring (bicyclic) bond motifs is 1. The van der Waals surface area contributed by atoms with E-state index in [4.69, 9.17) is 21.4 Å². The van der Waals surface area contributed by atoms with Gasteiger partial charge in [0.05, 0.1) is 9.74 Å². The van der Waals surface area contributed by atoms with Gasteiger partial charge < -0.3 is 9.16 Å². The molecule has 0 N–H and O–H groups in total. The largest absolute Gasteiger partial charge is 0.534 e. The summed E-state index contributed by atoms with van der Waals surface area (Å²) in [5.74, 6) is 2.38. The van der Waals surface area contributed by atoms with E-state index in [1.165, 1.54) is 10.4 Å². The van der Waals surface area contributed by atoms with Gasteiger partial charge in [-0.2, -0.15) is 0 Å². The van der Waals surface area contributed by atoms with Crippen molar-refractivity contribution >= 4 is 73.1 Å². The van der Waals surface area contributed by atoms with Gasteiger partial charge in [-0.25, -0.2) is 0 Å². The monoisotopic (exact) mass is 692 g/mol. The normalized spacial score (nSPS) is 11.8. The Morgan fingerprint density at radius 1 is 0.727 bits per heavy atom. The summed E-state index contributed by atoms with van der Waals surface area (Å²) in [6.07, 6.45) is 0. The Balaban J connectivity index is 1.51. The highest BCUT2D eigenvalue weighted by molar-refractivity contribution is 9.10. The molecule has 220 valence electrons. The summed E-state index contributed by atoms with van der Waals surface area (Å²) in [5.41, 5.74) is 2.18. The minimum atomic E-state index is -2.79. The molecule has 6 rings (SSSR count). The Labute approximate surface area is 278 Å². The fraction of sp³-hybridized carbons (Fsp3) is 0.132. The molecule has 2 nitrogen and oxygen atoms in total. The third kappa shape index (κ3) is 5.80. The van der Waals surface area contributed by atoms with Crippen LogP contribution in [0.4, 0.5) is 0 Å². The average Bonchev–Trinajstić information content (AvgIpc) is 3.38. The van der Waals surface area contributed by atoms with E-state index in [-0.39, 0.29) is 5.04 Å². The van der Waals surface area contributed by atoms with E-state index in [1.807, 2.05) is 36.4 Å². The first-order valence-electron chi connectivity index (χ1n) is 14.6. The van der Waals surface area contributed by atoms with Gasteiger partial charge in [0.2, 0.25) is 0 Å². The number of aryl methyl sites for hydroxylation is 1. The number of thiocarbonyl (C=S) groups is 1. The summed E-state index contributed by atoms with van der Waals surface area (Å²) in [4.78, 5) is 1.72. The van der Waals surface area contributed by atoms with Crippen molar-refractivity contribution < 1.29 is 9.16 Å². The highest BCUT2D eigenvalue weighted by Gasteiger charge is 2.52. The summed E-state index contributed by atoms with van der Waals surface area (Å²) in [7, 11) is -2.79. The van der Waals surface area contributed by atoms with E-state index in [0.29, 0.717) is 0 Å². The first kappa shape index (κ1) is 30.5. The second-order valence-electron chi connectivity index (χ2n) is 11.9. The predicted octanol–water partition coefficient (Wildman–Crippen LogP) is 10.5. The topological polar surface area (TPSA) is 18.5 Å². The standard InChI is InChI=1S/C38H33BrO2S2Si/c1-26-13-11-12-18-32(26)36(42)37-35(40-28-21-19-27(39)20-22-28)33-24-23-29(25-34(33)43-37)41-44(38(2,3)4,30-14-7-5-8-15-30)31-16-9-6-10-17-31/h5-25H,1-4H3. The molecular weight excluding hydrogens is 661 g/mol. The average molecular weight is 694 g/mol. The van der Waals surface area contributed by atoms with Gasteiger partial charge in [0, 0.05) is 14.6 Å². The molecule has 0 aliphatic carbocycles. The molecule has 6 heteroatoms. The first-order valence-corrected chi connectivity index (χ1v) is 18.5. The maximum Gasteiger partial charge on any atom is 0.319 e. The Hall–Kier alpha value is -3.55. The second kappa shape index (κ2) is 12.4. The zero-order valence-electron chi connectivity index (χ0n) is 25.1. The number of thiophene rings is 1. The SMILES string of the molecule is Cc1ccccc1C(=S)c1sc2cc(O[Si](c3ccccc3)(c3ccccc3)C(C)(C)C)ccc2c1Oc1ccc(Br)cc1. The smallest absolute Gasteiger partial charge is 0.319 e. The number of hydrogen-bond donors (Lipinski definition) is 0. The molecule has 44 heavy (non-hydrogen) atoms. The van der Waals surface area contributed by atoms with Crippen LogP contribution < -0.4 is 19.5 Å². The molecule has 0 spiro atoms. The zero-order chi connectivity index (χ0) is 30.9. The van der Waals surface area contributed by atoms with Crippen molar-refractivity contribution in [2.45, 2.75) is 32.7 Å². The van der Waals surface area contributed by atoms with Gasteiger partial charge in [0.1, 0.15) is 11.5 Å². The van der Waals surface area contributed by atoms with Crippen LogP contribution in [0.1, 0.15) is 36.8 Å². The molecule has 0 saturated heterocycles. The molecule has 0 amide bonds. The zero-order valence-corrected chi connectivity index (χ0v) is 29.4. The van der Waals surface area contributed by atoms with Crippen LogP contribution in [0.15, 0.2) is 132 Å². The van der Waals surface area contributed by atoms with Crippen LogP contribution in [0.2, 0.25) is 5.04 Å². The van der Waals surface area contributed by atoms with Crippen LogP contribution in [0.3, 0.4) is 0 Å². The molecule has 0 saturated carbocycles. The lowest BCUT2D eigenvalue weighted by Crippen LogP contribution is -2.68. The third-order valence-corrected chi connectivity index (χ3v) is 15.1. The van der Waals surface area contributed by atoms with Gasteiger partial charge in [-0.05, 0) is 75.9 Å². The van der Waals surface area contributed by atoms with E-state index in [2.05, 4.69) is 135 Å². The molecule has 0 bridgehead atoms. The van der Waals surface area contributed by atoms with E-state index >= 15 is 0 Å². The molecule has 6 aromatic rings. The Morgan fingerprint density at radius 2 is 1.30 bits per heavy atom. The summed E-state index contributed by atoms with van der Waals surface area (Å²) in [6.45, 7) is 8.99. The summed E-state index contributed by atoms with van der Waals surface area (Å²) in [5, 5.41) is 3.35. The molecule has 5 aromatic carbocycles. The molecule has 0 radical (unpaired) electrons. The van der Waals surface area contributed by atoms with Crippen molar-refractivity contribution in [3.05, 3.63) is 148 Å². The predicted molar refractivity (Wildman–Crippen MR) is 196 cm³/mol. The summed E-state index contributed by atoms with van der Waals surface area (Å²) < 4.78 is 16.0. The van der Waals surface area contributed by atoms with Crippen LogP contribution in [-0.2, 0) is 0 Å². The fourth-order valence-corrected chi connectivity index (χ4v) is 12.0. The van der Waals surface area contributed by atoms with Gasteiger partial charge in [-0.3, -0.25) is 0 Å². The molecule has 0 aliphatic rings. The van der Waals surface area contributed by atoms with Gasteiger partial charge in [-0.1, -0.05) is 134 Å². The van der Waals surface area contributed by atoms with Crippen LogP contribution in [-0.4, -0.2) is 13.2 Å². The Kier molecular flexibility index (Phi) is 8.62. The molecule has 0 atom stereocenters. The van der Waals surface area contributed by atoms with Gasteiger partial charge >= 0.3 is 8.32 Å². The summed E-state index contributed by atoms with van der Waals surface area (Å²) in [6, 6.07) is 44.0. The minimum absolute atomic E-state index is 0.145. The fourth-order valence-electron chi connectivity index (χ4n) is 5.76. The highest BCUT2D eigenvalue weighted by atomic mass is 79.9. The molecular formula is C38H33BrO2S2Si. The van der Waals surface area contributed by atoms with Crippen molar-refractivity contribution in [1.82, 2.24) is 0 Å². The van der Waals surface area contributed by atoms with Crippen molar-refractivity contribution in [2.75, 3.05) is 0 Å². The van der Waals surface area contributed by atoms with Crippen molar-refractivity contribution in [2.24, 2.45) is 0 Å². The lowest BCUT2D eigenvalue weighted by atomic mass is 10.0. The number of ether oxygens (including phenoxy) is 1. The molecule has 1 aromatic heterocycles. The van der Waals surface area contributed by atoms with E-state index in [9.17, 15) is 0 Å². The maximum absolute atomic E-state index is 7.36. The van der Waals surface area contributed by atoms with E-state index in [1.54, 1.807) is 11.3 Å². The van der Waals surface area contributed by atoms with Crippen LogP contribution in [0, 0.1) is 6.92 Å². The van der Waals surface area contributed by atoms with Gasteiger partial charge in [0.15, 0.2) is 5.75 Å². The molecule has 0 fully saturated rings. The second-order valence-corrected chi connectivity index (χ2v) is 18.5. The number of halogens is 1.